The zero-order valence-electron chi connectivity index (χ0n) is 19.7. The molecule has 1 aliphatic heterocycles. The standard InChI is InChI=1S/C26H28BrN3O5/c1-18(2)13-30(26(32)28-21-8-6-20(27)7-9-21)16-25(31)29(15-22-4-3-11-33-22)14-19-5-10-23-24(12-19)35-17-34-23/h3-12,18H,13-17H2,1-2H3,(H,28,32). The van der Waals surface area contributed by atoms with Crippen molar-refractivity contribution in [2.75, 3.05) is 25.2 Å². The Morgan fingerprint density at radius 2 is 1.77 bits per heavy atom. The lowest BCUT2D eigenvalue weighted by molar-refractivity contribution is -0.133. The molecule has 1 N–H and O–H groups in total. The lowest BCUT2D eigenvalue weighted by Gasteiger charge is -2.28. The Kier molecular flexibility index (Phi) is 7.97. The number of benzene rings is 2. The quantitative estimate of drug-likeness (QED) is 0.387. The average molecular weight is 542 g/mol. The zero-order chi connectivity index (χ0) is 24.8. The summed E-state index contributed by atoms with van der Waals surface area (Å²) in [6.07, 6.45) is 1.58. The number of carbonyl (C=O) groups excluding carboxylic acids is 2. The first-order chi connectivity index (χ1) is 16.9. The van der Waals surface area contributed by atoms with E-state index in [0.29, 0.717) is 36.0 Å². The Morgan fingerprint density at radius 3 is 2.49 bits per heavy atom. The van der Waals surface area contributed by atoms with Crippen molar-refractivity contribution in [3.63, 3.8) is 0 Å². The number of hydrogen-bond donors (Lipinski definition) is 1. The van der Waals surface area contributed by atoms with Gasteiger partial charge >= 0.3 is 6.03 Å². The van der Waals surface area contributed by atoms with Crippen LogP contribution in [0.1, 0.15) is 25.2 Å². The van der Waals surface area contributed by atoms with Crippen molar-refractivity contribution >= 4 is 33.6 Å². The predicted octanol–water partition coefficient (Wildman–Crippen LogP) is 5.49. The van der Waals surface area contributed by atoms with Gasteiger partial charge in [0.2, 0.25) is 12.7 Å². The molecule has 9 heteroatoms. The van der Waals surface area contributed by atoms with Gasteiger partial charge in [-0.1, -0.05) is 35.8 Å². The molecule has 0 saturated carbocycles. The minimum absolute atomic E-state index is 0.0637. The highest BCUT2D eigenvalue weighted by molar-refractivity contribution is 9.10. The summed E-state index contributed by atoms with van der Waals surface area (Å²) in [4.78, 5) is 29.8. The molecule has 2 heterocycles. The molecule has 2 aromatic carbocycles. The second-order valence-corrected chi connectivity index (χ2v) is 9.64. The molecule has 3 amide bonds. The molecule has 0 saturated heterocycles. The topological polar surface area (TPSA) is 84.2 Å². The second-order valence-electron chi connectivity index (χ2n) is 8.73. The summed E-state index contributed by atoms with van der Waals surface area (Å²) >= 11 is 3.39. The second kappa shape index (κ2) is 11.3. The van der Waals surface area contributed by atoms with Crippen molar-refractivity contribution in [3.05, 3.63) is 76.7 Å². The van der Waals surface area contributed by atoms with Crippen molar-refractivity contribution < 1.29 is 23.5 Å². The van der Waals surface area contributed by atoms with Gasteiger partial charge in [0.1, 0.15) is 12.3 Å². The minimum Gasteiger partial charge on any atom is -0.467 e. The normalized spacial score (nSPS) is 12.0. The molecule has 1 aliphatic rings. The monoisotopic (exact) mass is 541 g/mol. The Balaban J connectivity index is 1.50. The van der Waals surface area contributed by atoms with Crippen LogP contribution < -0.4 is 14.8 Å². The minimum atomic E-state index is -0.324. The van der Waals surface area contributed by atoms with E-state index in [1.165, 1.54) is 0 Å². The van der Waals surface area contributed by atoms with Crippen LogP contribution in [0.2, 0.25) is 0 Å². The summed E-state index contributed by atoms with van der Waals surface area (Å²) in [7, 11) is 0. The third kappa shape index (κ3) is 6.79. The molecule has 0 spiro atoms. The van der Waals surface area contributed by atoms with E-state index in [2.05, 4.69) is 21.2 Å². The SMILES string of the molecule is CC(C)CN(CC(=O)N(Cc1ccc2c(c1)OCO2)Cc1ccco1)C(=O)Nc1ccc(Br)cc1. The van der Waals surface area contributed by atoms with Crippen LogP contribution in [0.3, 0.4) is 0 Å². The number of fused-ring (bicyclic) bond motifs is 1. The number of ether oxygens (including phenoxy) is 2. The van der Waals surface area contributed by atoms with E-state index in [-0.39, 0.29) is 37.7 Å². The van der Waals surface area contributed by atoms with Gasteiger partial charge in [-0.25, -0.2) is 4.79 Å². The van der Waals surface area contributed by atoms with Crippen LogP contribution in [0.4, 0.5) is 10.5 Å². The number of nitrogens with zero attached hydrogens (tertiary/aromatic N) is 2. The van der Waals surface area contributed by atoms with E-state index in [0.717, 1.165) is 10.0 Å². The van der Waals surface area contributed by atoms with Crippen LogP contribution in [-0.4, -0.2) is 41.6 Å². The molecular formula is C26H28BrN3O5. The zero-order valence-corrected chi connectivity index (χ0v) is 21.3. The lowest BCUT2D eigenvalue weighted by atomic mass is 10.1. The lowest BCUT2D eigenvalue weighted by Crippen LogP contribution is -2.45. The number of anilines is 1. The number of furan rings is 1. The molecule has 184 valence electrons. The molecule has 35 heavy (non-hydrogen) atoms. The van der Waals surface area contributed by atoms with Crippen LogP contribution in [0.25, 0.3) is 0 Å². The maximum absolute atomic E-state index is 13.5. The number of rotatable bonds is 9. The van der Waals surface area contributed by atoms with E-state index >= 15 is 0 Å². The number of amides is 3. The van der Waals surface area contributed by atoms with Crippen molar-refractivity contribution in [2.24, 2.45) is 5.92 Å². The summed E-state index contributed by atoms with van der Waals surface area (Å²) in [5.74, 6) is 2.00. The molecule has 4 rings (SSSR count). The van der Waals surface area contributed by atoms with Gasteiger partial charge < -0.3 is 29.0 Å². The fraction of sp³-hybridized carbons (Fsp3) is 0.308. The van der Waals surface area contributed by atoms with Crippen LogP contribution >= 0.6 is 15.9 Å². The maximum Gasteiger partial charge on any atom is 0.322 e. The van der Waals surface area contributed by atoms with E-state index in [9.17, 15) is 9.59 Å². The van der Waals surface area contributed by atoms with Crippen molar-refractivity contribution in [1.82, 2.24) is 9.80 Å². The largest absolute Gasteiger partial charge is 0.467 e. The molecular weight excluding hydrogens is 514 g/mol. The predicted molar refractivity (Wildman–Crippen MR) is 135 cm³/mol. The summed E-state index contributed by atoms with van der Waals surface area (Å²) in [6.45, 7) is 5.20. The van der Waals surface area contributed by atoms with E-state index in [1.54, 1.807) is 34.3 Å². The molecule has 0 unspecified atom stereocenters. The third-order valence-electron chi connectivity index (χ3n) is 5.38. The van der Waals surface area contributed by atoms with Gasteiger partial charge in [0, 0.05) is 23.2 Å². The number of hydrogen-bond acceptors (Lipinski definition) is 5. The van der Waals surface area contributed by atoms with E-state index < -0.39 is 0 Å². The number of urea groups is 1. The molecule has 8 nitrogen and oxygen atoms in total. The van der Waals surface area contributed by atoms with Crippen LogP contribution in [-0.2, 0) is 17.9 Å². The summed E-state index contributed by atoms with van der Waals surface area (Å²) in [5, 5.41) is 2.89. The Bertz CT molecular complexity index is 1150. The van der Waals surface area contributed by atoms with Crippen LogP contribution in [0.15, 0.2) is 69.8 Å². The van der Waals surface area contributed by atoms with Gasteiger partial charge in [-0.2, -0.15) is 0 Å². The summed E-state index contributed by atoms with van der Waals surface area (Å²) in [6, 6.07) is 16.2. The maximum atomic E-state index is 13.5. The first kappa shape index (κ1) is 24.7. The average Bonchev–Trinajstić information content (AvgIpc) is 3.51. The Morgan fingerprint density at radius 1 is 1.00 bits per heavy atom. The van der Waals surface area contributed by atoms with Crippen LogP contribution in [0, 0.1) is 5.92 Å². The smallest absolute Gasteiger partial charge is 0.322 e. The molecule has 0 atom stereocenters. The van der Waals surface area contributed by atoms with E-state index in [1.807, 2.05) is 50.2 Å². The number of carbonyl (C=O) groups is 2. The van der Waals surface area contributed by atoms with Gasteiger partial charge in [0.05, 0.1) is 12.8 Å². The molecule has 0 radical (unpaired) electrons. The van der Waals surface area contributed by atoms with E-state index in [4.69, 9.17) is 13.9 Å². The number of halogens is 1. The molecule has 3 aromatic rings. The highest BCUT2D eigenvalue weighted by atomic mass is 79.9. The van der Waals surface area contributed by atoms with Crippen LogP contribution in [0.5, 0.6) is 11.5 Å². The highest BCUT2D eigenvalue weighted by Crippen LogP contribution is 2.33. The highest BCUT2D eigenvalue weighted by Gasteiger charge is 2.24. The Labute approximate surface area is 212 Å². The van der Waals surface area contributed by atoms with Crippen molar-refractivity contribution in [1.29, 1.82) is 0 Å². The number of nitrogens with one attached hydrogen (secondary N) is 1. The van der Waals surface area contributed by atoms with Gasteiger partial charge in [-0.15, -0.1) is 0 Å². The first-order valence-electron chi connectivity index (χ1n) is 11.4. The molecule has 0 fully saturated rings. The summed E-state index contributed by atoms with van der Waals surface area (Å²) < 4.78 is 17.3. The molecule has 0 bridgehead atoms. The fourth-order valence-corrected chi connectivity index (χ4v) is 4.01. The Hall–Kier alpha value is -3.46. The first-order valence-corrected chi connectivity index (χ1v) is 12.2. The van der Waals surface area contributed by atoms with Gasteiger partial charge in [0.25, 0.3) is 0 Å². The molecule has 1 aromatic heterocycles. The fourth-order valence-electron chi connectivity index (χ4n) is 3.74. The van der Waals surface area contributed by atoms with Gasteiger partial charge in [-0.05, 0) is 60.0 Å². The summed E-state index contributed by atoms with van der Waals surface area (Å²) in [5.41, 5.74) is 1.55. The van der Waals surface area contributed by atoms with Crippen molar-refractivity contribution in [2.45, 2.75) is 26.9 Å². The van der Waals surface area contributed by atoms with Gasteiger partial charge in [-0.3, -0.25) is 4.79 Å². The van der Waals surface area contributed by atoms with Crippen molar-refractivity contribution in [3.8, 4) is 11.5 Å². The third-order valence-corrected chi connectivity index (χ3v) is 5.91. The van der Waals surface area contributed by atoms with Gasteiger partial charge in [0.15, 0.2) is 11.5 Å². The molecule has 0 aliphatic carbocycles.